The third-order valence-electron chi connectivity index (χ3n) is 8.09. The van der Waals surface area contributed by atoms with Crippen molar-refractivity contribution in [2.75, 3.05) is 7.11 Å². The smallest absolute Gasteiger partial charge is 0.482 e. The van der Waals surface area contributed by atoms with Crippen molar-refractivity contribution >= 4 is 19.0 Å². The number of carbonyl (C=O) groups is 2. The molecule has 1 saturated heterocycles. The zero-order chi connectivity index (χ0) is 25.1. The number of aromatic carboxylic acids is 1. The minimum absolute atomic E-state index is 0.0263. The van der Waals surface area contributed by atoms with Crippen LogP contribution in [-0.2, 0) is 20.5 Å². The summed E-state index contributed by atoms with van der Waals surface area (Å²) in [5.74, 6) is -5.00. The standard InChI is InChI=1S/C24H32BF2NO6/c1-22(2)14-10-16(22)24(4)17(11-14)33-25(34-24)18(28-19(29)12-23(3,26)27)9-13-7-6-8-15(21(30)31)20(13)32-5/h6-8,14,16-18H,9-12H2,1-5H3,(H,28,29)(H,30,31). The summed E-state index contributed by atoms with van der Waals surface area (Å²) in [4.78, 5) is 24.1. The molecule has 4 aliphatic rings. The molecule has 7 nitrogen and oxygen atoms in total. The lowest BCUT2D eigenvalue weighted by atomic mass is 9.43. The molecule has 34 heavy (non-hydrogen) atoms. The van der Waals surface area contributed by atoms with Gasteiger partial charge >= 0.3 is 13.1 Å². The average molecular weight is 479 g/mol. The van der Waals surface area contributed by atoms with Crippen molar-refractivity contribution in [3.8, 4) is 5.75 Å². The highest BCUT2D eigenvalue weighted by Crippen LogP contribution is 2.65. The molecular formula is C24H32BF2NO6. The molecule has 2 bridgehead atoms. The molecule has 0 radical (unpaired) electrons. The first-order chi connectivity index (χ1) is 15.8. The Labute approximate surface area is 198 Å². The molecule has 4 fully saturated rings. The number of rotatable bonds is 8. The molecular weight excluding hydrogens is 447 g/mol. The molecule has 3 aliphatic carbocycles. The molecule has 2 N–H and O–H groups in total. The SMILES string of the molecule is COc1c(CC(NC(=O)CC(C)(F)F)B2OC3CC4CC(C4(C)C)C3(C)O2)cccc1C(=O)O. The molecule has 5 unspecified atom stereocenters. The Morgan fingerprint density at radius 3 is 2.62 bits per heavy atom. The van der Waals surface area contributed by atoms with E-state index in [0.717, 1.165) is 12.8 Å². The maximum absolute atomic E-state index is 13.5. The van der Waals surface area contributed by atoms with Crippen molar-refractivity contribution in [2.24, 2.45) is 17.3 Å². The van der Waals surface area contributed by atoms with Crippen molar-refractivity contribution in [1.82, 2.24) is 5.32 Å². The van der Waals surface area contributed by atoms with Crippen molar-refractivity contribution in [2.45, 2.75) is 76.9 Å². The number of nitrogens with one attached hydrogen (secondary N) is 1. The second kappa shape index (κ2) is 8.48. The molecule has 1 aromatic carbocycles. The maximum atomic E-state index is 13.5. The van der Waals surface area contributed by atoms with Gasteiger partial charge in [-0.2, -0.15) is 0 Å². The summed E-state index contributed by atoms with van der Waals surface area (Å²) in [5, 5.41) is 12.2. The van der Waals surface area contributed by atoms with E-state index in [1.165, 1.54) is 13.2 Å². The Balaban J connectivity index is 1.62. The molecule has 186 valence electrons. The highest BCUT2D eigenvalue weighted by Gasteiger charge is 2.68. The molecule has 1 aliphatic heterocycles. The van der Waals surface area contributed by atoms with E-state index < -0.39 is 42.9 Å². The van der Waals surface area contributed by atoms with Crippen LogP contribution in [-0.4, -0.2) is 54.8 Å². The van der Waals surface area contributed by atoms with Crippen molar-refractivity contribution in [3.63, 3.8) is 0 Å². The van der Waals surface area contributed by atoms with E-state index in [1.54, 1.807) is 12.1 Å². The Bertz CT molecular complexity index is 983. The van der Waals surface area contributed by atoms with Gasteiger partial charge in [0.25, 0.3) is 5.92 Å². The van der Waals surface area contributed by atoms with E-state index in [2.05, 4.69) is 19.2 Å². The van der Waals surface area contributed by atoms with Gasteiger partial charge in [-0.15, -0.1) is 0 Å². The molecule has 0 spiro atoms. The van der Waals surface area contributed by atoms with Crippen LogP contribution in [0, 0.1) is 17.3 Å². The number of hydrogen-bond donors (Lipinski definition) is 2. The normalized spacial score (nSPS) is 30.2. The Morgan fingerprint density at radius 2 is 2.03 bits per heavy atom. The summed E-state index contributed by atoms with van der Waals surface area (Å²) in [6, 6.07) is 4.68. The summed E-state index contributed by atoms with van der Waals surface area (Å²) in [6.07, 6.45) is 0.844. The van der Waals surface area contributed by atoms with Crippen LogP contribution in [0.4, 0.5) is 8.78 Å². The number of halogens is 2. The lowest BCUT2D eigenvalue weighted by Gasteiger charge is -2.64. The van der Waals surface area contributed by atoms with E-state index in [1.807, 2.05) is 6.92 Å². The third kappa shape index (κ3) is 4.30. The van der Waals surface area contributed by atoms with Crippen LogP contribution in [0.15, 0.2) is 18.2 Å². The largest absolute Gasteiger partial charge is 0.496 e. The van der Waals surface area contributed by atoms with Crippen LogP contribution in [0.3, 0.4) is 0 Å². The van der Waals surface area contributed by atoms with Gasteiger partial charge in [-0.1, -0.05) is 26.0 Å². The van der Waals surface area contributed by atoms with Crippen LogP contribution in [0.2, 0.25) is 0 Å². The van der Waals surface area contributed by atoms with Crippen LogP contribution < -0.4 is 10.1 Å². The second-order valence-electron chi connectivity index (χ2n) is 10.8. The topological polar surface area (TPSA) is 94.1 Å². The Morgan fingerprint density at radius 1 is 1.32 bits per heavy atom. The van der Waals surface area contributed by atoms with Crippen LogP contribution >= 0.6 is 0 Å². The number of alkyl halides is 2. The van der Waals surface area contributed by atoms with Crippen LogP contribution in [0.25, 0.3) is 0 Å². The number of carboxylic acids is 1. The number of benzene rings is 1. The summed E-state index contributed by atoms with van der Waals surface area (Å²) >= 11 is 0. The number of hydrogen-bond acceptors (Lipinski definition) is 5. The first-order valence-corrected chi connectivity index (χ1v) is 11.7. The fourth-order valence-corrected chi connectivity index (χ4v) is 6.22. The van der Waals surface area contributed by atoms with Gasteiger partial charge in [-0.3, -0.25) is 4.79 Å². The third-order valence-corrected chi connectivity index (χ3v) is 8.09. The van der Waals surface area contributed by atoms with E-state index in [4.69, 9.17) is 14.0 Å². The first-order valence-electron chi connectivity index (χ1n) is 11.7. The van der Waals surface area contributed by atoms with Crippen LogP contribution in [0.1, 0.15) is 62.9 Å². The van der Waals surface area contributed by atoms with E-state index in [-0.39, 0.29) is 35.2 Å². The summed E-state index contributed by atoms with van der Waals surface area (Å²) < 4.78 is 45.2. The molecule has 5 rings (SSSR count). The predicted octanol–water partition coefficient (Wildman–Crippen LogP) is 3.73. The number of para-hydroxylation sites is 1. The van der Waals surface area contributed by atoms with Crippen LogP contribution in [0.5, 0.6) is 5.75 Å². The second-order valence-corrected chi connectivity index (χ2v) is 10.8. The average Bonchev–Trinajstić information content (AvgIpc) is 3.08. The molecule has 1 amide bonds. The molecule has 1 heterocycles. The lowest BCUT2D eigenvalue weighted by molar-refractivity contribution is -0.199. The van der Waals surface area contributed by atoms with Gasteiger partial charge in [0, 0.05) is 0 Å². The lowest BCUT2D eigenvalue weighted by Crippen LogP contribution is -2.65. The molecule has 5 atom stereocenters. The van der Waals surface area contributed by atoms with Gasteiger partial charge in [0.15, 0.2) is 0 Å². The van der Waals surface area contributed by atoms with Gasteiger partial charge < -0.3 is 24.5 Å². The maximum Gasteiger partial charge on any atom is 0.482 e. The minimum Gasteiger partial charge on any atom is -0.496 e. The highest BCUT2D eigenvalue weighted by atomic mass is 19.3. The van der Waals surface area contributed by atoms with E-state index >= 15 is 0 Å². The summed E-state index contributed by atoms with van der Waals surface area (Å²) in [7, 11) is 0.502. The van der Waals surface area contributed by atoms with Crippen molar-refractivity contribution in [1.29, 1.82) is 0 Å². The Hall–Kier alpha value is -2.20. The number of carboxylic acid groups (broad SMARTS) is 1. The van der Waals surface area contributed by atoms with Gasteiger partial charge in [0.05, 0.1) is 31.2 Å². The molecule has 0 aromatic heterocycles. The van der Waals surface area contributed by atoms with Crippen molar-refractivity contribution in [3.05, 3.63) is 29.3 Å². The van der Waals surface area contributed by atoms with Gasteiger partial charge in [-0.05, 0) is 62.0 Å². The van der Waals surface area contributed by atoms with E-state index in [9.17, 15) is 23.5 Å². The fraction of sp³-hybridized carbons (Fsp3) is 0.667. The Kier molecular flexibility index (Phi) is 6.21. The summed E-state index contributed by atoms with van der Waals surface area (Å²) in [5.41, 5.74) is 0.0496. The number of amides is 1. The number of methoxy groups -OCH3 is 1. The van der Waals surface area contributed by atoms with Gasteiger partial charge in [0.1, 0.15) is 11.3 Å². The molecule has 3 saturated carbocycles. The van der Waals surface area contributed by atoms with Gasteiger partial charge in [-0.25, -0.2) is 13.6 Å². The van der Waals surface area contributed by atoms with Crippen molar-refractivity contribution < 1.29 is 37.5 Å². The monoisotopic (exact) mass is 479 g/mol. The zero-order valence-electron chi connectivity index (χ0n) is 20.2. The highest BCUT2D eigenvalue weighted by molar-refractivity contribution is 6.48. The zero-order valence-corrected chi connectivity index (χ0v) is 20.2. The number of ether oxygens (including phenoxy) is 1. The predicted molar refractivity (Wildman–Crippen MR) is 121 cm³/mol. The fourth-order valence-electron chi connectivity index (χ4n) is 6.22. The quantitative estimate of drug-likeness (QED) is 0.552. The molecule has 10 heteroatoms. The summed E-state index contributed by atoms with van der Waals surface area (Å²) in [6.45, 7) is 7.18. The molecule has 1 aromatic rings. The van der Waals surface area contributed by atoms with Gasteiger partial charge in [0.2, 0.25) is 5.91 Å². The van der Waals surface area contributed by atoms with E-state index in [0.29, 0.717) is 18.4 Å². The minimum atomic E-state index is -3.17. The number of carbonyl (C=O) groups excluding carboxylic acids is 1. The first kappa shape index (κ1) is 24.9.